The van der Waals surface area contributed by atoms with E-state index < -0.39 is 0 Å². The normalized spacial score (nSPS) is 11.0. The molecule has 1 N–H and O–H groups in total. The Labute approximate surface area is 176 Å². The Kier molecular flexibility index (Phi) is 9.87. The molecule has 0 saturated heterocycles. The van der Waals surface area contributed by atoms with Crippen LogP contribution >= 0.6 is 23.2 Å². The molecule has 0 aliphatic carbocycles. The van der Waals surface area contributed by atoms with Gasteiger partial charge in [0.25, 0.3) is 5.91 Å². The summed E-state index contributed by atoms with van der Waals surface area (Å²) in [5.74, 6) is 0.381. The molecule has 150 valence electrons. The van der Waals surface area contributed by atoms with Crippen LogP contribution in [0.4, 0.5) is 0 Å². The highest BCUT2D eigenvalue weighted by Crippen LogP contribution is 2.22. The SMILES string of the molecule is CCCCCCCCOc1ccc(Cl)cc1C=NNC(=O)c1ccc(Cl)cc1. The largest absolute Gasteiger partial charge is 0.493 e. The van der Waals surface area contributed by atoms with Gasteiger partial charge in [0.2, 0.25) is 0 Å². The van der Waals surface area contributed by atoms with E-state index in [1.807, 2.05) is 6.07 Å². The maximum Gasteiger partial charge on any atom is 0.271 e. The highest BCUT2D eigenvalue weighted by atomic mass is 35.5. The molecule has 0 aromatic heterocycles. The summed E-state index contributed by atoms with van der Waals surface area (Å²) in [7, 11) is 0. The summed E-state index contributed by atoms with van der Waals surface area (Å²) in [6.45, 7) is 2.86. The van der Waals surface area contributed by atoms with Gasteiger partial charge in [0.15, 0.2) is 0 Å². The Morgan fingerprint density at radius 1 is 1.00 bits per heavy atom. The smallest absolute Gasteiger partial charge is 0.271 e. The van der Waals surface area contributed by atoms with E-state index in [9.17, 15) is 4.79 Å². The highest BCUT2D eigenvalue weighted by Gasteiger charge is 2.05. The van der Waals surface area contributed by atoms with E-state index >= 15 is 0 Å². The van der Waals surface area contributed by atoms with Gasteiger partial charge < -0.3 is 4.74 Å². The molecule has 0 atom stereocenters. The van der Waals surface area contributed by atoms with Crippen LogP contribution in [-0.4, -0.2) is 18.7 Å². The van der Waals surface area contributed by atoms with Crippen LogP contribution in [-0.2, 0) is 0 Å². The van der Waals surface area contributed by atoms with Crippen LogP contribution < -0.4 is 10.2 Å². The average molecular weight is 421 g/mol. The minimum atomic E-state index is -0.315. The maximum atomic E-state index is 12.1. The van der Waals surface area contributed by atoms with Gasteiger partial charge in [-0.05, 0) is 48.9 Å². The van der Waals surface area contributed by atoms with Crippen molar-refractivity contribution in [1.82, 2.24) is 5.43 Å². The zero-order valence-corrected chi connectivity index (χ0v) is 17.6. The number of rotatable bonds is 11. The Hall–Kier alpha value is -2.04. The molecule has 0 aliphatic heterocycles. The number of nitrogens with zero attached hydrogens (tertiary/aromatic N) is 1. The predicted octanol–water partition coefficient (Wildman–Crippen LogP) is 6.50. The van der Waals surface area contributed by atoms with Crippen LogP contribution in [0, 0.1) is 0 Å². The Balaban J connectivity index is 1.87. The molecule has 0 radical (unpaired) electrons. The van der Waals surface area contributed by atoms with E-state index in [4.69, 9.17) is 27.9 Å². The van der Waals surface area contributed by atoms with E-state index in [-0.39, 0.29) is 5.91 Å². The lowest BCUT2D eigenvalue weighted by Gasteiger charge is -2.09. The lowest BCUT2D eigenvalue weighted by atomic mass is 10.1. The first-order chi connectivity index (χ1) is 13.6. The summed E-state index contributed by atoms with van der Waals surface area (Å²) in [6.07, 6.45) is 8.77. The molecule has 2 rings (SSSR count). The second-order valence-corrected chi connectivity index (χ2v) is 7.38. The number of hydrogen-bond donors (Lipinski definition) is 1. The van der Waals surface area contributed by atoms with Gasteiger partial charge in [-0.2, -0.15) is 5.10 Å². The highest BCUT2D eigenvalue weighted by molar-refractivity contribution is 6.31. The number of hydrazone groups is 1. The summed E-state index contributed by atoms with van der Waals surface area (Å²) in [6, 6.07) is 12.0. The summed E-state index contributed by atoms with van der Waals surface area (Å²) < 4.78 is 5.88. The molecule has 0 saturated carbocycles. The standard InChI is InChI=1S/C22H26Cl2N2O2/c1-2-3-4-5-6-7-14-28-21-13-12-20(24)15-18(21)16-25-26-22(27)17-8-10-19(23)11-9-17/h8-13,15-16H,2-7,14H2,1H3,(H,26,27). The topological polar surface area (TPSA) is 50.7 Å². The molecule has 0 bridgehead atoms. The van der Waals surface area contributed by atoms with Gasteiger partial charge >= 0.3 is 0 Å². The molecule has 2 aromatic carbocycles. The first-order valence-electron chi connectivity index (χ1n) is 9.61. The molecule has 0 fully saturated rings. The number of halogens is 2. The number of ether oxygens (including phenoxy) is 1. The maximum absolute atomic E-state index is 12.1. The molecule has 0 aliphatic rings. The lowest BCUT2D eigenvalue weighted by molar-refractivity contribution is 0.0955. The van der Waals surface area contributed by atoms with Crippen molar-refractivity contribution in [3.8, 4) is 5.75 Å². The van der Waals surface area contributed by atoms with Gasteiger partial charge in [0, 0.05) is 21.2 Å². The summed E-state index contributed by atoms with van der Waals surface area (Å²) in [5.41, 5.74) is 3.69. The Morgan fingerprint density at radius 3 is 2.43 bits per heavy atom. The van der Waals surface area contributed by atoms with E-state index in [2.05, 4.69) is 17.5 Å². The van der Waals surface area contributed by atoms with Gasteiger partial charge in [0.05, 0.1) is 12.8 Å². The van der Waals surface area contributed by atoms with Crippen molar-refractivity contribution in [3.05, 3.63) is 63.6 Å². The minimum Gasteiger partial charge on any atom is -0.493 e. The number of carbonyl (C=O) groups excluding carboxylic acids is 1. The van der Waals surface area contributed by atoms with Gasteiger partial charge in [-0.15, -0.1) is 0 Å². The molecule has 0 heterocycles. The minimum absolute atomic E-state index is 0.315. The second-order valence-electron chi connectivity index (χ2n) is 6.50. The molecule has 28 heavy (non-hydrogen) atoms. The lowest BCUT2D eigenvalue weighted by Crippen LogP contribution is -2.17. The molecule has 0 unspecified atom stereocenters. The van der Waals surface area contributed by atoms with Crippen molar-refractivity contribution in [3.63, 3.8) is 0 Å². The molecular weight excluding hydrogens is 395 g/mol. The third-order valence-electron chi connectivity index (χ3n) is 4.20. The molecule has 0 spiro atoms. The number of hydrogen-bond acceptors (Lipinski definition) is 3. The van der Waals surface area contributed by atoms with E-state index in [0.29, 0.717) is 28.0 Å². The number of benzene rings is 2. The summed E-state index contributed by atoms with van der Waals surface area (Å²) in [4.78, 5) is 12.1. The Morgan fingerprint density at radius 2 is 1.68 bits per heavy atom. The number of amides is 1. The molecule has 1 amide bonds. The summed E-state index contributed by atoms with van der Waals surface area (Å²) >= 11 is 11.9. The molecule has 2 aromatic rings. The Bertz CT molecular complexity index is 777. The quantitative estimate of drug-likeness (QED) is 0.256. The molecular formula is C22H26Cl2N2O2. The number of unbranched alkanes of at least 4 members (excludes halogenated alkanes) is 5. The van der Waals surface area contributed by atoms with Gasteiger partial charge in [-0.1, -0.05) is 62.2 Å². The van der Waals surface area contributed by atoms with Crippen molar-refractivity contribution < 1.29 is 9.53 Å². The van der Waals surface area contributed by atoms with E-state index in [1.165, 1.54) is 31.9 Å². The predicted molar refractivity (Wildman–Crippen MR) is 117 cm³/mol. The zero-order valence-electron chi connectivity index (χ0n) is 16.1. The third-order valence-corrected chi connectivity index (χ3v) is 4.69. The van der Waals surface area contributed by atoms with Crippen molar-refractivity contribution in [1.29, 1.82) is 0 Å². The van der Waals surface area contributed by atoms with Crippen molar-refractivity contribution in [2.24, 2.45) is 5.10 Å². The van der Waals surface area contributed by atoms with Crippen molar-refractivity contribution >= 4 is 35.3 Å². The van der Waals surface area contributed by atoms with Gasteiger partial charge in [-0.3, -0.25) is 4.79 Å². The third kappa shape index (κ3) is 7.91. The van der Waals surface area contributed by atoms with Crippen molar-refractivity contribution in [2.75, 3.05) is 6.61 Å². The molecule has 4 nitrogen and oxygen atoms in total. The first kappa shape index (κ1) is 22.3. The first-order valence-corrected chi connectivity index (χ1v) is 10.4. The fraction of sp³-hybridized carbons (Fsp3) is 0.364. The van der Waals surface area contributed by atoms with Crippen LogP contribution in [0.1, 0.15) is 61.4 Å². The fourth-order valence-corrected chi connectivity index (χ4v) is 2.95. The second kappa shape index (κ2) is 12.4. The van der Waals surface area contributed by atoms with Crippen LogP contribution in [0.15, 0.2) is 47.6 Å². The van der Waals surface area contributed by atoms with Crippen LogP contribution in [0.5, 0.6) is 5.75 Å². The van der Waals surface area contributed by atoms with Crippen molar-refractivity contribution in [2.45, 2.75) is 45.4 Å². The molecule has 6 heteroatoms. The zero-order chi connectivity index (χ0) is 20.2. The number of nitrogens with one attached hydrogen (secondary N) is 1. The summed E-state index contributed by atoms with van der Waals surface area (Å²) in [5, 5.41) is 5.18. The van der Waals surface area contributed by atoms with Crippen LogP contribution in [0.3, 0.4) is 0 Å². The number of carbonyl (C=O) groups is 1. The van der Waals surface area contributed by atoms with Crippen LogP contribution in [0.2, 0.25) is 10.0 Å². The van der Waals surface area contributed by atoms with Crippen LogP contribution in [0.25, 0.3) is 0 Å². The van der Waals surface area contributed by atoms with E-state index in [1.54, 1.807) is 36.4 Å². The fourth-order valence-electron chi connectivity index (χ4n) is 2.64. The van der Waals surface area contributed by atoms with E-state index in [0.717, 1.165) is 18.4 Å². The van der Waals surface area contributed by atoms with Gasteiger partial charge in [-0.25, -0.2) is 5.43 Å². The average Bonchev–Trinajstić information content (AvgIpc) is 2.69. The van der Waals surface area contributed by atoms with Gasteiger partial charge in [0.1, 0.15) is 5.75 Å². The monoisotopic (exact) mass is 420 g/mol.